The van der Waals surface area contributed by atoms with Gasteiger partial charge in [-0.15, -0.1) is 0 Å². The highest BCUT2D eigenvalue weighted by atomic mass is 79.9. The van der Waals surface area contributed by atoms with E-state index in [1.54, 1.807) is 6.07 Å². The fourth-order valence-corrected chi connectivity index (χ4v) is 2.29. The lowest BCUT2D eigenvalue weighted by Gasteiger charge is -2.32. The van der Waals surface area contributed by atoms with E-state index in [0.717, 1.165) is 0 Å². The molecule has 0 aromatic heterocycles. The van der Waals surface area contributed by atoms with Crippen molar-refractivity contribution >= 4 is 27.3 Å². The maximum absolute atomic E-state index is 13.4. The van der Waals surface area contributed by atoms with Crippen LogP contribution in [0.25, 0.3) is 0 Å². The summed E-state index contributed by atoms with van der Waals surface area (Å²) in [5.74, 6) is -0.310. The van der Waals surface area contributed by atoms with Crippen LogP contribution in [-0.4, -0.2) is 24.3 Å². The van der Waals surface area contributed by atoms with E-state index >= 15 is 0 Å². The van der Waals surface area contributed by atoms with Gasteiger partial charge in [-0.1, -0.05) is 0 Å². The van der Waals surface area contributed by atoms with E-state index in [2.05, 4.69) is 15.9 Å². The zero-order valence-electron chi connectivity index (χ0n) is 8.79. The summed E-state index contributed by atoms with van der Waals surface area (Å²) in [5.41, 5.74) is 7.13. The fourth-order valence-electron chi connectivity index (χ4n) is 1.93. The number of hydrogen-bond donors (Lipinski definition) is 2. The Morgan fingerprint density at radius 3 is 2.62 bits per heavy atom. The zero-order valence-corrected chi connectivity index (χ0v) is 10.4. The average Bonchev–Trinajstić information content (AvgIpc) is 2.25. The lowest BCUT2D eigenvalue weighted by Crippen LogP contribution is -2.36. The molecule has 3 N–H and O–H groups in total. The SMILES string of the molecule is Nc1cc(Br)c(F)cc1N1CCC(O)CC1. The monoisotopic (exact) mass is 288 g/mol. The second-order valence-corrected chi connectivity index (χ2v) is 4.90. The van der Waals surface area contributed by atoms with E-state index in [1.165, 1.54) is 6.07 Å². The Bertz CT molecular complexity index is 392. The van der Waals surface area contributed by atoms with Crippen molar-refractivity contribution in [1.29, 1.82) is 0 Å². The summed E-state index contributed by atoms with van der Waals surface area (Å²) in [7, 11) is 0. The number of rotatable bonds is 1. The van der Waals surface area contributed by atoms with Crippen LogP contribution in [-0.2, 0) is 0 Å². The largest absolute Gasteiger partial charge is 0.397 e. The van der Waals surface area contributed by atoms with Gasteiger partial charge in [-0.3, -0.25) is 0 Å². The van der Waals surface area contributed by atoms with E-state index in [9.17, 15) is 9.50 Å². The number of halogens is 2. The number of aliphatic hydroxyl groups excluding tert-OH is 1. The summed E-state index contributed by atoms with van der Waals surface area (Å²) >= 11 is 3.10. The first-order chi connectivity index (χ1) is 7.58. The van der Waals surface area contributed by atoms with Crippen LogP contribution in [0.1, 0.15) is 12.8 Å². The molecular weight excluding hydrogens is 275 g/mol. The van der Waals surface area contributed by atoms with Gasteiger partial charge >= 0.3 is 0 Å². The zero-order chi connectivity index (χ0) is 11.7. The molecule has 2 rings (SSSR count). The minimum atomic E-state index is -0.310. The van der Waals surface area contributed by atoms with Gasteiger partial charge in [-0.05, 0) is 34.8 Å². The summed E-state index contributed by atoms with van der Waals surface area (Å²) in [5, 5.41) is 9.40. The quantitative estimate of drug-likeness (QED) is 0.779. The summed E-state index contributed by atoms with van der Waals surface area (Å²) < 4.78 is 13.8. The van der Waals surface area contributed by atoms with Crippen molar-refractivity contribution < 1.29 is 9.50 Å². The molecule has 88 valence electrons. The van der Waals surface area contributed by atoms with Gasteiger partial charge in [0.15, 0.2) is 0 Å². The topological polar surface area (TPSA) is 49.5 Å². The molecule has 16 heavy (non-hydrogen) atoms. The minimum absolute atomic E-state index is 0.238. The Morgan fingerprint density at radius 1 is 1.38 bits per heavy atom. The van der Waals surface area contributed by atoms with E-state index in [0.29, 0.717) is 41.8 Å². The van der Waals surface area contributed by atoms with Gasteiger partial charge in [0.05, 0.1) is 22.0 Å². The van der Waals surface area contributed by atoms with Crippen molar-refractivity contribution in [2.45, 2.75) is 18.9 Å². The summed E-state index contributed by atoms with van der Waals surface area (Å²) in [6.07, 6.45) is 1.17. The molecule has 0 spiro atoms. The lowest BCUT2D eigenvalue weighted by molar-refractivity contribution is 0.145. The standard InChI is InChI=1S/C11H14BrFN2O/c12-8-5-10(14)11(6-9(8)13)15-3-1-7(16)2-4-15/h5-7,16H,1-4,14H2. The van der Waals surface area contributed by atoms with Crippen molar-refractivity contribution in [2.75, 3.05) is 23.7 Å². The first-order valence-corrected chi connectivity index (χ1v) is 6.05. The van der Waals surface area contributed by atoms with Crippen molar-refractivity contribution in [2.24, 2.45) is 0 Å². The van der Waals surface area contributed by atoms with Crippen LogP contribution in [0.4, 0.5) is 15.8 Å². The molecular formula is C11H14BrFN2O. The van der Waals surface area contributed by atoms with Gasteiger partial charge in [0.1, 0.15) is 5.82 Å². The average molecular weight is 289 g/mol. The Labute approximate surface area is 102 Å². The Hall–Kier alpha value is -0.810. The maximum Gasteiger partial charge on any atom is 0.139 e. The summed E-state index contributed by atoms with van der Waals surface area (Å²) in [6.45, 7) is 1.43. The Kier molecular flexibility index (Phi) is 3.35. The van der Waals surface area contributed by atoms with Crippen LogP contribution in [0.5, 0.6) is 0 Å². The number of nitrogen functional groups attached to an aromatic ring is 1. The van der Waals surface area contributed by atoms with E-state index in [-0.39, 0.29) is 11.9 Å². The van der Waals surface area contributed by atoms with Crippen LogP contribution in [0, 0.1) is 5.82 Å². The third-order valence-electron chi connectivity index (χ3n) is 2.87. The molecule has 5 heteroatoms. The van der Waals surface area contributed by atoms with Crippen LogP contribution >= 0.6 is 15.9 Å². The molecule has 0 atom stereocenters. The molecule has 0 aliphatic carbocycles. The molecule has 1 heterocycles. The van der Waals surface area contributed by atoms with Gasteiger partial charge in [-0.25, -0.2) is 4.39 Å². The Balaban J connectivity index is 2.23. The highest BCUT2D eigenvalue weighted by Crippen LogP contribution is 2.31. The Morgan fingerprint density at radius 2 is 2.00 bits per heavy atom. The predicted molar refractivity (Wildman–Crippen MR) is 66.0 cm³/mol. The lowest BCUT2D eigenvalue weighted by atomic mass is 10.1. The molecule has 0 unspecified atom stereocenters. The van der Waals surface area contributed by atoms with Gasteiger partial charge in [0.2, 0.25) is 0 Å². The number of benzene rings is 1. The highest BCUT2D eigenvalue weighted by Gasteiger charge is 2.19. The third kappa shape index (κ3) is 2.30. The van der Waals surface area contributed by atoms with Crippen LogP contribution in [0.2, 0.25) is 0 Å². The molecule has 3 nitrogen and oxygen atoms in total. The number of piperidine rings is 1. The molecule has 1 aliphatic rings. The van der Waals surface area contributed by atoms with Crippen molar-refractivity contribution in [1.82, 2.24) is 0 Å². The molecule has 0 bridgehead atoms. The molecule has 1 fully saturated rings. The summed E-state index contributed by atoms with van der Waals surface area (Å²) in [6, 6.07) is 3.02. The second-order valence-electron chi connectivity index (χ2n) is 4.04. The van der Waals surface area contributed by atoms with Crippen LogP contribution in [0.3, 0.4) is 0 Å². The van der Waals surface area contributed by atoms with Gasteiger partial charge in [0.25, 0.3) is 0 Å². The minimum Gasteiger partial charge on any atom is -0.397 e. The first-order valence-electron chi connectivity index (χ1n) is 5.25. The highest BCUT2D eigenvalue weighted by molar-refractivity contribution is 9.10. The van der Waals surface area contributed by atoms with Crippen LogP contribution in [0.15, 0.2) is 16.6 Å². The molecule has 0 amide bonds. The molecule has 0 radical (unpaired) electrons. The second kappa shape index (κ2) is 4.59. The van der Waals surface area contributed by atoms with Crippen molar-refractivity contribution in [3.05, 3.63) is 22.4 Å². The number of nitrogens with zero attached hydrogens (tertiary/aromatic N) is 1. The maximum atomic E-state index is 13.4. The molecule has 1 aromatic carbocycles. The van der Waals surface area contributed by atoms with Gasteiger partial charge in [0, 0.05) is 19.2 Å². The number of hydrogen-bond acceptors (Lipinski definition) is 3. The molecule has 1 aliphatic heterocycles. The van der Waals surface area contributed by atoms with Crippen molar-refractivity contribution in [3.63, 3.8) is 0 Å². The van der Waals surface area contributed by atoms with E-state index in [1.807, 2.05) is 4.90 Å². The van der Waals surface area contributed by atoms with Crippen LogP contribution < -0.4 is 10.6 Å². The number of nitrogens with two attached hydrogens (primary N) is 1. The van der Waals surface area contributed by atoms with E-state index in [4.69, 9.17) is 5.73 Å². The number of anilines is 2. The molecule has 1 saturated heterocycles. The van der Waals surface area contributed by atoms with Gasteiger partial charge in [-0.2, -0.15) is 0 Å². The van der Waals surface area contributed by atoms with Crippen molar-refractivity contribution in [3.8, 4) is 0 Å². The number of aliphatic hydroxyl groups is 1. The predicted octanol–water partition coefficient (Wildman–Crippen LogP) is 2.13. The normalized spacial score (nSPS) is 17.8. The summed E-state index contributed by atoms with van der Waals surface area (Å²) in [4.78, 5) is 2.01. The molecule has 1 aromatic rings. The van der Waals surface area contributed by atoms with Gasteiger partial charge < -0.3 is 15.7 Å². The smallest absolute Gasteiger partial charge is 0.139 e. The molecule has 0 saturated carbocycles. The first kappa shape index (κ1) is 11.7. The van der Waals surface area contributed by atoms with E-state index < -0.39 is 0 Å². The third-order valence-corrected chi connectivity index (χ3v) is 3.48. The fraction of sp³-hybridized carbons (Fsp3) is 0.455.